The summed E-state index contributed by atoms with van der Waals surface area (Å²) in [6.45, 7) is 10.5. The number of hydrogen-bond acceptors (Lipinski definition) is 2. The van der Waals surface area contributed by atoms with E-state index < -0.39 is 0 Å². The smallest absolute Gasteiger partial charge is 0.131 e. The van der Waals surface area contributed by atoms with Crippen LogP contribution in [0.5, 0.6) is 5.75 Å². The number of aryl methyl sites for hydroxylation is 1. The van der Waals surface area contributed by atoms with Gasteiger partial charge in [-0.1, -0.05) is 18.7 Å². The first-order chi connectivity index (χ1) is 7.94. The van der Waals surface area contributed by atoms with Crippen molar-refractivity contribution < 1.29 is 9.84 Å². The molecule has 2 heteroatoms. The summed E-state index contributed by atoms with van der Waals surface area (Å²) >= 11 is 0. The molecular formula is C15H20O2. The summed E-state index contributed by atoms with van der Waals surface area (Å²) in [6, 6.07) is 4.15. The molecule has 92 valence electrons. The fourth-order valence-electron chi connectivity index (χ4n) is 2.47. The van der Waals surface area contributed by atoms with Crippen LogP contribution in [-0.4, -0.2) is 17.3 Å². The van der Waals surface area contributed by atoms with Crippen LogP contribution >= 0.6 is 0 Å². The van der Waals surface area contributed by atoms with Crippen LogP contribution in [-0.2, 0) is 6.42 Å². The van der Waals surface area contributed by atoms with Crippen molar-refractivity contribution in [1.82, 2.24) is 0 Å². The third-order valence-corrected chi connectivity index (χ3v) is 3.25. The van der Waals surface area contributed by atoms with Crippen LogP contribution in [0.3, 0.4) is 0 Å². The van der Waals surface area contributed by atoms with E-state index in [1.807, 2.05) is 0 Å². The van der Waals surface area contributed by atoms with E-state index >= 15 is 0 Å². The van der Waals surface area contributed by atoms with Crippen molar-refractivity contribution in [2.24, 2.45) is 0 Å². The summed E-state index contributed by atoms with van der Waals surface area (Å²) in [7, 11) is 0. The summed E-state index contributed by atoms with van der Waals surface area (Å²) in [5.74, 6) is 0.917. The second-order valence-electron chi connectivity index (χ2n) is 5.35. The molecule has 0 radical (unpaired) electrons. The molecule has 1 aromatic carbocycles. The zero-order valence-electron chi connectivity index (χ0n) is 10.8. The summed E-state index contributed by atoms with van der Waals surface area (Å²) in [5.41, 5.74) is 4.29. The summed E-state index contributed by atoms with van der Waals surface area (Å²) in [6.07, 6.45) is 1.49. The van der Waals surface area contributed by atoms with Crippen LogP contribution < -0.4 is 4.74 Å². The van der Waals surface area contributed by atoms with E-state index in [9.17, 15) is 0 Å². The topological polar surface area (TPSA) is 29.5 Å². The van der Waals surface area contributed by atoms with Gasteiger partial charge in [-0.25, -0.2) is 0 Å². The van der Waals surface area contributed by atoms with Crippen molar-refractivity contribution in [1.29, 1.82) is 0 Å². The fraction of sp³-hybridized carbons (Fsp3) is 0.467. The lowest BCUT2D eigenvalue weighted by Crippen LogP contribution is -2.32. The molecule has 0 atom stereocenters. The molecule has 0 unspecified atom stereocenters. The van der Waals surface area contributed by atoms with Gasteiger partial charge < -0.3 is 9.84 Å². The standard InChI is InChI=1S/C15H20O2/c1-10-5-6-12-11(2)9-15(3,4)17-14(12)13(10)7-8-16/h5-6,16H,2,7-9H2,1,3-4H3. The molecule has 2 nitrogen and oxygen atoms in total. The van der Waals surface area contributed by atoms with Gasteiger partial charge in [0.1, 0.15) is 11.4 Å². The Morgan fingerprint density at radius 2 is 2.12 bits per heavy atom. The van der Waals surface area contributed by atoms with Gasteiger partial charge in [-0.3, -0.25) is 0 Å². The Morgan fingerprint density at radius 1 is 1.41 bits per heavy atom. The van der Waals surface area contributed by atoms with E-state index in [0.29, 0.717) is 6.42 Å². The number of aliphatic hydroxyl groups excluding tert-OH is 1. The summed E-state index contributed by atoms with van der Waals surface area (Å²) < 4.78 is 6.08. The molecule has 0 aliphatic carbocycles. The molecule has 17 heavy (non-hydrogen) atoms. The summed E-state index contributed by atoms with van der Waals surface area (Å²) in [5, 5.41) is 9.16. The molecule has 2 rings (SSSR count). The molecule has 0 spiro atoms. The van der Waals surface area contributed by atoms with Gasteiger partial charge in [-0.05, 0) is 43.9 Å². The molecule has 1 heterocycles. The molecule has 1 aromatic rings. The van der Waals surface area contributed by atoms with Gasteiger partial charge in [0.15, 0.2) is 0 Å². The lowest BCUT2D eigenvalue weighted by atomic mass is 9.87. The maximum absolute atomic E-state index is 9.16. The Hall–Kier alpha value is -1.28. The predicted octanol–water partition coefficient (Wildman–Crippen LogP) is 3.10. The molecule has 1 aliphatic heterocycles. The van der Waals surface area contributed by atoms with E-state index in [-0.39, 0.29) is 12.2 Å². The van der Waals surface area contributed by atoms with E-state index in [4.69, 9.17) is 9.84 Å². The van der Waals surface area contributed by atoms with Crippen LogP contribution in [0.25, 0.3) is 5.57 Å². The van der Waals surface area contributed by atoms with Crippen molar-refractivity contribution in [3.63, 3.8) is 0 Å². The minimum absolute atomic E-state index is 0.146. The van der Waals surface area contributed by atoms with Crippen LogP contribution in [0, 0.1) is 6.92 Å². The number of rotatable bonds is 2. The first-order valence-corrected chi connectivity index (χ1v) is 6.05. The number of aliphatic hydroxyl groups is 1. The highest BCUT2D eigenvalue weighted by Crippen LogP contribution is 2.42. The molecule has 0 bridgehead atoms. The molecule has 1 N–H and O–H groups in total. The number of ether oxygens (including phenoxy) is 1. The maximum Gasteiger partial charge on any atom is 0.131 e. The highest BCUT2D eigenvalue weighted by molar-refractivity contribution is 5.73. The molecule has 0 fully saturated rings. The second-order valence-corrected chi connectivity index (χ2v) is 5.35. The van der Waals surface area contributed by atoms with E-state index in [1.165, 1.54) is 5.56 Å². The van der Waals surface area contributed by atoms with Gasteiger partial charge in [0.25, 0.3) is 0 Å². The van der Waals surface area contributed by atoms with E-state index in [2.05, 4.69) is 39.5 Å². The van der Waals surface area contributed by atoms with Crippen LogP contribution in [0.1, 0.15) is 37.0 Å². The molecular weight excluding hydrogens is 212 g/mol. The Kier molecular flexibility index (Phi) is 3.00. The average molecular weight is 232 g/mol. The van der Waals surface area contributed by atoms with E-state index in [0.717, 1.165) is 28.9 Å². The van der Waals surface area contributed by atoms with Gasteiger partial charge in [0, 0.05) is 18.6 Å². The summed E-state index contributed by atoms with van der Waals surface area (Å²) in [4.78, 5) is 0. The SMILES string of the molecule is C=C1CC(C)(C)Oc2c1ccc(C)c2CCO. The minimum atomic E-state index is -0.206. The second kappa shape index (κ2) is 4.19. The first-order valence-electron chi connectivity index (χ1n) is 6.05. The Labute approximate surface area is 103 Å². The zero-order chi connectivity index (χ0) is 12.6. The van der Waals surface area contributed by atoms with Crippen LogP contribution in [0.2, 0.25) is 0 Å². The normalized spacial score (nSPS) is 17.5. The monoisotopic (exact) mass is 232 g/mol. The lowest BCUT2D eigenvalue weighted by molar-refractivity contribution is 0.105. The quantitative estimate of drug-likeness (QED) is 0.849. The van der Waals surface area contributed by atoms with Crippen molar-refractivity contribution in [2.45, 2.75) is 39.2 Å². The molecule has 0 amide bonds. The van der Waals surface area contributed by atoms with E-state index in [1.54, 1.807) is 0 Å². The first kappa shape index (κ1) is 12.2. The number of benzene rings is 1. The number of hydrogen-bond donors (Lipinski definition) is 1. The minimum Gasteiger partial charge on any atom is -0.487 e. The van der Waals surface area contributed by atoms with Crippen molar-refractivity contribution in [3.8, 4) is 5.75 Å². The Bertz CT molecular complexity index is 458. The maximum atomic E-state index is 9.16. The zero-order valence-corrected chi connectivity index (χ0v) is 10.8. The lowest BCUT2D eigenvalue weighted by Gasteiger charge is -2.35. The van der Waals surface area contributed by atoms with Gasteiger partial charge in [-0.15, -0.1) is 0 Å². The van der Waals surface area contributed by atoms with Crippen molar-refractivity contribution >= 4 is 5.57 Å². The predicted molar refractivity (Wildman–Crippen MR) is 70.3 cm³/mol. The third-order valence-electron chi connectivity index (χ3n) is 3.25. The highest BCUT2D eigenvalue weighted by atomic mass is 16.5. The largest absolute Gasteiger partial charge is 0.487 e. The highest BCUT2D eigenvalue weighted by Gasteiger charge is 2.30. The number of fused-ring (bicyclic) bond motifs is 1. The molecule has 0 saturated carbocycles. The molecule has 0 saturated heterocycles. The Morgan fingerprint density at radius 3 is 2.76 bits per heavy atom. The van der Waals surface area contributed by atoms with Gasteiger partial charge in [-0.2, -0.15) is 0 Å². The van der Waals surface area contributed by atoms with Crippen LogP contribution in [0.4, 0.5) is 0 Å². The van der Waals surface area contributed by atoms with Crippen molar-refractivity contribution in [2.75, 3.05) is 6.61 Å². The fourth-order valence-corrected chi connectivity index (χ4v) is 2.47. The third kappa shape index (κ3) is 2.22. The average Bonchev–Trinajstić information content (AvgIpc) is 2.21. The van der Waals surface area contributed by atoms with Crippen LogP contribution in [0.15, 0.2) is 18.7 Å². The van der Waals surface area contributed by atoms with Gasteiger partial charge >= 0.3 is 0 Å². The van der Waals surface area contributed by atoms with Gasteiger partial charge in [0.05, 0.1) is 0 Å². The molecule has 1 aliphatic rings. The Balaban J connectivity index is 2.56. The van der Waals surface area contributed by atoms with Gasteiger partial charge in [0.2, 0.25) is 0 Å². The van der Waals surface area contributed by atoms with Crippen molar-refractivity contribution in [3.05, 3.63) is 35.4 Å². The molecule has 0 aromatic heterocycles.